The van der Waals surface area contributed by atoms with Crippen LogP contribution in [-0.4, -0.2) is 24.0 Å². The van der Waals surface area contributed by atoms with Crippen LogP contribution in [0.1, 0.15) is 6.42 Å². The van der Waals surface area contributed by atoms with Crippen molar-refractivity contribution in [3.05, 3.63) is 0 Å². The fourth-order valence-electron chi connectivity index (χ4n) is 0.529. The van der Waals surface area contributed by atoms with E-state index in [1.54, 1.807) is 0 Å². The van der Waals surface area contributed by atoms with Crippen LogP contribution in [0.4, 0.5) is 0 Å². The zero-order chi connectivity index (χ0) is 7.23. The number of alkyl halides is 1. The van der Waals surface area contributed by atoms with E-state index in [1.165, 1.54) is 11.5 Å². The van der Waals surface area contributed by atoms with Crippen molar-refractivity contribution in [1.82, 2.24) is 0 Å². The van der Waals surface area contributed by atoms with Crippen molar-refractivity contribution < 1.29 is 4.52 Å². The Morgan fingerprint density at radius 3 is 2.70 bits per heavy atom. The smallest absolute Gasteiger partial charge is 0.151 e. The lowest BCUT2D eigenvalue weighted by Gasteiger charge is -2.06. The standard InChI is InChI=1S/C5H10ClOPS2/c6-2-1-3-7-8-9-4-5-10-8/h1-5H2. The number of halogens is 1. The summed E-state index contributed by atoms with van der Waals surface area (Å²) in [6.45, 7) is 0.660. The molecule has 60 valence electrons. The molecule has 0 radical (unpaired) electrons. The van der Waals surface area contributed by atoms with Gasteiger partial charge in [0, 0.05) is 17.4 Å². The van der Waals surface area contributed by atoms with Gasteiger partial charge in [0.15, 0.2) is 6.55 Å². The van der Waals surface area contributed by atoms with Gasteiger partial charge in [-0.15, -0.1) is 11.6 Å². The zero-order valence-corrected chi connectivity index (χ0v) is 8.87. The molecule has 1 aliphatic rings. The molecule has 5 heteroatoms. The molecular formula is C5H10ClOPS2. The Kier molecular flexibility index (Phi) is 5.64. The first-order valence-electron chi connectivity index (χ1n) is 3.18. The van der Waals surface area contributed by atoms with Gasteiger partial charge in [0.25, 0.3) is 0 Å². The molecule has 0 aromatic rings. The fourth-order valence-corrected chi connectivity index (χ4v) is 7.40. The molecule has 0 N–H and O–H groups in total. The molecule has 1 nitrogen and oxygen atoms in total. The second kappa shape index (κ2) is 5.96. The summed E-state index contributed by atoms with van der Waals surface area (Å²) >= 11 is 9.41. The van der Waals surface area contributed by atoms with Gasteiger partial charge in [-0.05, 0) is 6.42 Å². The van der Waals surface area contributed by atoms with E-state index >= 15 is 0 Å². The monoisotopic (exact) mass is 216 g/mol. The summed E-state index contributed by atoms with van der Waals surface area (Å²) in [6, 6.07) is 0. The quantitative estimate of drug-likeness (QED) is 0.405. The van der Waals surface area contributed by atoms with Crippen LogP contribution >= 0.6 is 40.9 Å². The molecule has 0 saturated carbocycles. The highest BCUT2D eigenvalue weighted by Gasteiger charge is 2.16. The van der Waals surface area contributed by atoms with Crippen LogP contribution < -0.4 is 0 Å². The highest BCUT2D eigenvalue weighted by Crippen LogP contribution is 2.66. The summed E-state index contributed by atoms with van der Waals surface area (Å²) in [6.07, 6.45) is 0.988. The predicted molar refractivity (Wildman–Crippen MR) is 53.1 cm³/mol. The summed E-state index contributed by atoms with van der Waals surface area (Å²) in [5, 5.41) is 0. The molecule has 1 fully saturated rings. The normalized spacial score (nSPS) is 20.1. The molecule has 0 spiro atoms. The Morgan fingerprint density at radius 1 is 1.40 bits per heavy atom. The fraction of sp³-hybridized carbons (Fsp3) is 1.00. The lowest BCUT2D eigenvalue weighted by Crippen LogP contribution is -1.85. The molecule has 10 heavy (non-hydrogen) atoms. The van der Waals surface area contributed by atoms with Gasteiger partial charge in [-0.2, -0.15) is 0 Å². The van der Waals surface area contributed by atoms with Gasteiger partial charge in [-0.1, -0.05) is 22.8 Å². The summed E-state index contributed by atoms with van der Waals surface area (Å²) in [7, 11) is 0. The van der Waals surface area contributed by atoms with Crippen LogP contribution in [0.5, 0.6) is 0 Å². The topological polar surface area (TPSA) is 9.23 Å². The van der Waals surface area contributed by atoms with Crippen LogP contribution in [0.2, 0.25) is 0 Å². The van der Waals surface area contributed by atoms with Crippen molar-refractivity contribution in [2.45, 2.75) is 6.42 Å². The minimum Gasteiger partial charge on any atom is -0.339 e. The third-order valence-electron chi connectivity index (χ3n) is 0.951. The lowest BCUT2D eigenvalue weighted by atomic mass is 10.5. The second-order valence-electron chi connectivity index (χ2n) is 1.77. The molecule has 1 saturated heterocycles. The van der Waals surface area contributed by atoms with Gasteiger partial charge < -0.3 is 4.52 Å². The van der Waals surface area contributed by atoms with E-state index in [9.17, 15) is 0 Å². The second-order valence-corrected chi connectivity index (χ2v) is 8.41. The number of hydrogen-bond donors (Lipinski definition) is 0. The molecule has 1 heterocycles. The summed E-state index contributed by atoms with van der Waals surface area (Å²) < 4.78 is 5.55. The van der Waals surface area contributed by atoms with Gasteiger partial charge >= 0.3 is 0 Å². The summed E-state index contributed by atoms with van der Waals surface area (Å²) in [5.41, 5.74) is 0. The number of rotatable bonds is 4. The van der Waals surface area contributed by atoms with Crippen molar-refractivity contribution in [1.29, 1.82) is 0 Å². The van der Waals surface area contributed by atoms with Crippen molar-refractivity contribution >= 4 is 40.9 Å². The highest BCUT2D eigenvalue weighted by molar-refractivity contribution is 8.88. The summed E-state index contributed by atoms with van der Waals surface area (Å²) in [5.74, 6) is 3.24. The van der Waals surface area contributed by atoms with Crippen molar-refractivity contribution in [2.75, 3.05) is 24.0 Å². The molecular weight excluding hydrogens is 207 g/mol. The minimum absolute atomic E-state index is 0.182. The van der Waals surface area contributed by atoms with Crippen molar-refractivity contribution in [3.8, 4) is 0 Å². The van der Waals surface area contributed by atoms with Crippen LogP contribution in [0.15, 0.2) is 0 Å². The third-order valence-corrected chi connectivity index (χ3v) is 7.96. The van der Waals surface area contributed by atoms with E-state index in [-0.39, 0.29) is 6.55 Å². The lowest BCUT2D eigenvalue weighted by molar-refractivity contribution is 0.368. The molecule has 0 amide bonds. The maximum Gasteiger partial charge on any atom is 0.151 e. The van der Waals surface area contributed by atoms with Crippen molar-refractivity contribution in [3.63, 3.8) is 0 Å². The first kappa shape index (κ1) is 9.47. The molecule has 0 aliphatic carbocycles. The Balaban J connectivity index is 1.91. The molecule has 0 atom stereocenters. The Hall–Kier alpha value is 1.38. The van der Waals surface area contributed by atoms with Crippen LogP contribution in [0.25, 0.3) is 0 Å². The van der Waals surface area contributed by atoms with Gasteiger partial charge in [-0.3, -0.25) is 0 Å². The Morgan fingerprint density at radius 2 is 2.10 bits per heavy atom. The SMILES string of the molecule is ClCCCOP1SCCS1. The maximum atomic E-state index is 5.55. The zero-order valence-electron chi connectivity index (χ0n) is 5.59. The van der Waals surface area contributed by atoms with Crippen LogP contribution in [-0.2, 0) is 4.52 Å². The van der Waals surface area contributed by atoms with E-state index in [0.29, 0.717) is 0 Å². The molecule has 0 bridgehead atoms. The molecule has 0 aromatic heterocycles. The molecule has 1 aliphatic heterocycles. The van der Waals surface area contributed by atoms with Crippen molar-refractivity contribution in [2.24, 2.45) is 0 Å². The van der Waals surface area contributed by atoms with E-state index < -0.39 is 0 Å². The van der Waals surface area contributed by atoms with Gasteiger partial charge in [0.05, 0.1) is 6.61 Å². The molecule has 0 aromatic carbocycles. The van der Waals surface area contributed by atoms with E-state index in [1.807, 2.05) is 22.8 Å². The largest absolute Gasteiger partial charge is 0.339 e. The van der Waals surface area contributed by atoms with Gasteiger partial charge in [-0.25, -0.2) is 0 Å². The molecule has 0 unspecified atom stereocenters. The van der Waals surface area contributed by atoms with Crippen LogP contribution in [0.3, 0.4) is 0 Å². The van der Waals surface area contributed by atoms with E-state index in [0.717, 1.165) is 18.9 Å². The van der Waals surface area contributed by atoms with Crippen LogP contribution in [0, 0.1) is 0 Å². The Labute approximate surface area is 75.9 Å². The Bertz CT molecular complexity index is 89.7. The first-order chi connectivity index (χ1) is 4.93. The predicted octanol–water partition coefficient (Wildman–Crippen LogP) is 3.34. The van der Waals surface area contributed by atoms with E-state index in [2.05, 4.69) is 0 Å². The minimum atomic E-state index is -0.182. The van der Waals surface area contributed by atoms with Gasteiger partial charge in [0.1, 0.15) is 0 Å². The number of hydrogen-bond acceptors (Lipinski definition) is 3. The molecule has 1 rings (SSSR count). The maximum absolute atomic E-state index is 5.55. The average molecular weight is 217 g/mol. The average Bonchev–Trinajstić information content (AvgIpc) is 2.41. The van der Waals surface area contributed by atoms with Gasteiger partial charge in [0.2, 0.25) is 0 Å². The third kappa shape index (κ3) is 3.68. The van der Waals surface area contributed by atoms with E-state index in [4.69, 9.17) is 16.1 Å². The summed E-state index contributed by atoms with van der Waals surface area (Å²) in [4.78, 5) is 0. The first-order valence-corrected chi connectivity index (χ1v) is 8.16. The highest BCUT2D eigenvalue weighted by atomic mass is 35.5.